The molecule has 12 nitrogen and oxygen atoms in total. The van der Waals surface area contributed by atoms with Gasteiger partial charge in [0.25, 0.3) is 11.9 Å². The number of hydrogen-bond donors (Lipinski definition) is 2. The van der Waals surface area contributed by atoms with Gasteiger partial charge in [0.1, 0.15) is 11.3 Å². The summed E-state index contributed by atoms with van der Waals surface area (Å²) >= 11 is 0. The van der Waals surface area contributed by atoms with E-state index in [0.717, 1.165) is 62.1 Å². The Labute approximate surface area is 281 Å². The highest BCUT2D eigenvalue weighted by Crippen LogP contribution is 2.42. The number of amides is 3. The second-order valence-corrected chi connectivity index (χ2v) is 12.0. The largest absolute Gasteiger partial charge is 0.494 e. The number of aryl methyl sites for hydroxylation is 1. The lowest BCUT2D eigenvalue weighted by molar-refractivity contribution is -0.132. The number of nitrogens with one attached hydrogen (secondary N) is 2. The van der Waals surface area contributed by atoms with Crippen molar-refractivity contribution in [2.45, 2.75) is 32.6 Å². The summed E-state index contributed by atoms with van der Waals surface area (Å²) in [6.45, 7) is 5.84. The van der Waals surface area contributed by atoms with Crippen molar-refractivity contribution in [1.29, 1.82) is 0 Å². The van der Waals surface area contributed by atoms with Crippen molar-refractivity contribution in [2.24, 2.45) is 0 Å². The normalized spacial score (nSPS) is 13.3. The molecule has 4 aromatic rings. The number of hydrogen-bond acceptors (Lipinski definition) is 8. The monoisotopic (exact) mass is 656 g/mol. The maximum Gasteiger partial charge on any atom is 0.294 e. The number of aromatic amines is 1. The Morgan fingerprint density at radius 1 is 1.00 bits per heavy atom. The van der Waals surface area contributed by atoms with Crippen molar-refractivity contribution in [1.82, 2.24) is 19.8 Å². The first-order valence-electron chi connectivity index (χ1n) is 16.2. The molecule has 0 aliphatic carbocycles. The van der Waals surface area contributed by atoms with E-state index < -0.39 is 0 Å². The van der Waals surface area contributed by atoms with Crippen molar-refractivity contribution in [3.8, 4) is 28.6 Å². The number of carbonyl (C=O) groups is 3. The SMILES string of the molecule is COc1nc2c(-c3ccc(C(=O)N(C)c4ccc(C)cc4OCCCCCC(=O)N4CCN(C)CC4)c(NC=O)c3OC)cccc2[nH]1. The number of anilines is 2. The zero-order chi connectivity index (χ0) is 34.2. The van der Waals surface area contributed by atoms with Crippen LogP contribution in [0.3, 0.4) is 0 Å². The van der Waals surface area contributed by atoms with Crippen molar-refractivity contribution < 1.29 is 28.6 Å². The van der Waals surface area contributed by atoms with Gasteiger partial charge in [-0.1, -0.05) is 18.2 Å². The number of likely N-dealkylation sites (N-methyl/N-ethyl adjacent to an activating group) is 1. The third kappa shape index (κ3) is 7.54. The first-order chi connectivity index (χ1) is 23.2. The molecule has 2 N–H and O–H groups in total. The number of unbranched alkanes of at least 4 members (excludes halogenated alkanes) is 2. The fourth-order valence-electron chi connectivity index (χ4n) is 5.97. The van der Waals surface area contributed by atoms with Crippen LogP contribution in [0.4, 0.5) is 11.4 Å². The van der Waals surface area contributed by atoms with Gasteiger partial charge in [-0.2, -0.15) is 4.98 Å². The number of methoxy groups -OCH3 is 2. The number of carbonyl (C=O) groups excluding carboxylic acids is 3. The minimum absolute atomic E-state index is 0.219. The molecule has 48 heavy (non-hydrogen) atoms. The highest BCUT2D eigenvalue weighted by molar-refractivity contribution is 6.13. The van der Waals surface area contributed by atoms with Gasteiger partial charge < -0.3 is 39.2 Å². The van der Waals surface area contributed by atoms with Crippen LogP contribution in [0.5, 0.6) is 17.5 Å². The highest BCUT2D eigenvalue weighted by Gasteiger charge is 2.26. The number of benzene rings is 3. The average molecular weight is 657 g/mol. The summed E-state index contributed by atoms with van der Waals surface area (Å²) in [5.41, 5.74) is 4.87. The minimum Gasteiger partial charge on any atom is -0.494 e. The molecule has 3 aromatic carbocycles. The second-order valence-electron chi connectivity index (χ2n) is 12.0. The van der Waals surface area contributed by atoms with E-state index in [4.69, 9.17) is 14.2 Å². The molecule has 1 fully saturated rings. The zero-order valence-corrected chi connectivity index (χ0v) is 28.3. The number of rotatable bonds is 14. The lowest BCUT2D eigenvalue weighted by atomic mass is 9.98. The van der Waals surface area contributed by atoms with Crippen molar-refractivity contribution in [2.75, 3.05) is 71.3 Å². The molecule has 0 unspecified atom stereocenters. The van der Waals surface area contributed by atoms with Gasteiger partial charge in [0.05, 0.1) is 43.3 Å². The van der Waals surface area contributed by atoms with E-state index in [1.165, 1.54) is 19.1 Å². The summed E-state index contributed by atoms with van der Waals surface area (Å²) < 4.78 is 17.3. The van der Waals surface area contributed by atoms with E-state index in [-0.39, 0.29) is 23.1 Å². The predicted molar refractivity (Wildman–Crippen MR) is 186 cm³/mol. The zero-order valence-electron chi connectivity index (χ0n) is 28.3. The summed E-state index contributed by atoms with van der Waals surface area (Å²) in [6, 6.07) is 15.1. The summed E-state index contributed by atoms with van der Waals surface area (Å²) in [7, 11) is 6.78. The molecular weight excluding hydrogens is 612 g/mol. The number of para-hydroxylation sites is 1. The first kappa shape index (κ1) is 34.2. The van der Waals surface area contributed by atoms with Gasteiger partial charge in [-0.25, -0.2) is 0 Å². The molecule has 12 heteroatoms. The quantitative estimate of drug-likeness (QED) is 0.142. The third-order valence-corrected chi connectivity index (χ3v) is 8.70. The van der Waals surface area contributed by atoms with E-state index in [0.29, 0.717) is 53.7 Å². The lowest BCUT2D eigenvalue weighted by Crippen LogP contribution is -2.47. The third-order valence-electron chi connectivity index (χ3n) is 8.70. The maximum absolute atomic E-state index is 14.1. The molecule has 1 saturated heterocycles. The van der Waals surface area contributed by atoms with E-state index in [9.17, 15) is 14.4 Å². The second kappa shape index (κ2) is 15.7. The number of aromatic nitrogens is 2. The number of H-pyrrole nitrogens is 1. The Morgan fingerprint density at radius 3 is 2.52 bits per heavy atom. The molecule has 1 aliphatic rings. The van der Waals surface area contributed by atoms with Crippen LogP contribution < -0.4 is 24.4 Å². The van der Waals surface area contributed by atoms with Gasteiger partial charge in [-0.15, -0.1) is 0 Å². The van der Waals surface area contributed by atoms with Crippen LogP contribution in [0.15, 0.2) is 48.5 Å². The first-order valence-corrected chi connectivity index (χ1v) is 16.2. The van der Waals surface area contributed by atoms with Crippen LogP contribution in [0.25, 0.3) is 22.2 Å². The van der Waals surface area contributed by atoms with Gasteiger partial charge in [0.2, 0.25) is 12.3 Å². The summed E-state index contributed by atoms with van der Waals surface area (Å²) in [6.07, 6.45) is 3.51. The van der Waals surface area contributed by atoms with Gasteiger partial charge in [-0.3, -0.25) is 14.4 Å². The smallest absolute Gasteiger partial charge is 0.294 e. The lowest BCUT2D eigenvalue weighted by Gasteiger charge is -2.32. The Hall–Kier alpha value is -5.10. The predicted octanol–water partition coefficient (Wildman–Crippen LogP) is 5.11. The van der Waals surface area contributed by atoms with Gasteiger partial charge in [0.15, 0.2) is 5.75 Å². The number of piperazine rings is 1. The fourth-order valence-corrected chi connectivity index (χ4v) is 5.97. The van der Waals surface area contributed by atoms with Crippen LogP contribution in [0.2, 0.25) is 0 Å². The number of imidazole rings is 1. The van der Waals surface area contributed by atoms with E-state index >= 15 is 0 Å². The topological polar surface area (TPSA) is 129 Å². The van der Waals surface area contributed by atoms with Crippen molar-refractivity contribution >= 4 is 40.6 Å². The van der Waals surface area contributed by atoms with Crippen LogP contribution in [0.1, 0.15) is 41.6 Å². The Balaban J connectivity index is 1.31. The summed E-state index contributed by atoms with van der Waals surface area (Å²) in [4.78, 5) is 51.8. The number of nitrogens with zero attached hydrogens (tertiary/aromatic N) is 4. The van der Waals surface area contributed by atoms with Crippen LogP contribution in [-0.4, -0.2) is 99.1 Å². The molecule has 2 heterocycles. The Morgan fingerprint density at radius 2 is 1.79 bits per heavy atom. The summed E-state index contributed by atoms with van der Waals surface area (Å²) in [5.74, 6) is 0.755. The minimum atomic E-state index is -0.361. The fraction of sp³-hybridized carbons (Fsp3) is 0.389. The Kier molecular flexibility index (Phi) is 11.2. The molecule has 0 bridgehead atoms. The molecule has 0 atom stereocenters. The van der Waals surface area contributed by atoms with Gasteiger partial charge in [-0.05, 0) is 69.1 Å². The molecule has 0 saturated carbocycles. The van der Waals surface area contributed by atoms with Gasteiger partial charge >= 0.3 is 0 Å². The maximum atomic E-state index is 14.1. The average Bonchev–Trinajstić information content (AvgIpc) is 3.53. The van der Waals surface area contributed by atoms with E-state index in [1.54, 1.807) is 19.2 Å². The summed E-state index contributed by atoms with van der Waals surface area (Å²) in [5, 5.41) is 2.70. The molecule has 3 amide bonds. The van der Waals surface area contributed by atoms with Crippen LogP contribution in [-0.2, 0) is 9.59 Å². The van der Waals surface area contributed by atoms with Gasteiger partial charge in [0, 0.05) is 50.8 Å². The molecule has 5 rings (SSSR count). The standard InChI is InChI=1S/C36H44N6O6/c1-24-13-16-29(30(22-24)48-21-8-6-7-12-31(44)42-19-17-40(2)18-20-42)41(3)35(45)27-15-14-26(34(46-4)33(27)37-23-43)25-10-9-11-28-32(25)39-36(38-28)47-5/h9-11,13-16,22-23H,6-8,12,17-21H2,1-5H3,(H,37,43)(H,38,39). The van der Waals surface area contributed by atoms with Crippen molar-refractivity contribution in [3.63, 3.8) is 0 Å². The Bertz CT molecular complexity index is 1760. The molecule has 254 valence electrons. The molecule has 0 radical (unpaired) electrons. The molecular formula is C36H44N6O6. The van der Waals surface area contributed by atoms with Crippen LogP contribution >= 0.6 is 0 Å². The molecule has 1 aliphatic heterocycles. The molecule has 0 spiro atoms. The highest BCUT2D eigenvalue weighted by atomic mass is 16.5. The van der Waals surface area contributed by atoms with E-state index in [1.807, 2.05) is 48.2 Å². The molecule has 1 aromatic heterocycles. The number of fused-ring (bicyclic) bond motifs is 1. The van der Waals surface area contributed by atoms with Crippen LogP contribution in [0, 0.1) is 6.92 Å². The van der Waals surface area contributed by atoms with Crippen molar-refractivity contribution in [3.05, 3.63) is 59.7 Å². The number of ether oxygens (including phenoxy) is 3. The van der Waals surface area contributed by atoms with E-state index in [2.05, 4.69) is 27.2 Å².